The van der Waals surface area contributed by atoms with Gasteiger partial charge in [0.25, 0.3) is 5.91 Å². The Bertz CT molecular complexity index is 1420. The third-order valence-corrected chi connectivity index (χ3v) is 7.57. The lowest BCUT2D eigenvalue weighted by atomic mass is 10.00. The second kappa shape index (κ2) is 11.2. The van der Waals surface area contributed by atoms with Gasteiger partial charge in [0, 0.05) is 73.7 Å². The fourth-order valence-electron chi connectivity index (χ4n) is 5.14. The minimum Gasteiger partial charge on any atom is -0.507 e. The number of amides is 1. The Morgan fingerprint density at radius 1 is 0.947 bits per heavy atom. The van der Waals surface area contributed by atoms with E-state index < -0.39 is 0 Å². The molecule has 38 heavy (non-hydrogen) atoms. The van der Waals surface area contributed by atoms with Crippen LogP contribution in [0, 0.1) is 0 Å². The smallest absolute Gasteiger partial charge is 0.257 e. The maximum atomic E-state index is 13.4. The molecule has 1 saturated heterocycles. The molecule has 0 spiro atoms. The highest BCUT2D eigenvalue weighted by Gasteiger charge is 2.24. The van der Waals surface area contributed by atoms with Gasteiger partial charge in [0.2, 0.25) is 0 Å². The molecule has 1 amide bonds. The van der Waals surface area contributed by atoms with Crippen LogP contribution in [-0.2, 0) is 0 Å². The number of nitrogens with one attached hydrogen (secondary N) is 1. The number of aromatic hydroxyl groups is 2. The van der Waals surface area contributed by atoms with Crippen LogP contribution in [0.2, 0.25) is 0 Å². The Morgan fingerprint density at radius 2 is 1.71 bits per heavy atom. The number of hydrogen-bond acceptors (Lipinski definition) is 6. The first-order chi connectivity index (χ1) is 18.5. The Hall–Kier alpha value is -3.88. The number of pyridine rings is 1. The van der Waals surface area contributed by atoms with Gasteiger partial charge in [-0.2, -0.15) is 0 Å². The number of fused-ring (bicyclic) bond motifs is 1. The molecule has 0 saturated carbocycles. The highest BCUT2D eigenvalue weighted by molar-refractivity contribution is 6.00. The molecular weight excluding hydrogens is 478 g/mol. The average Bonchev–Trinajstić information content (AvgIpc) is 3.37. The lowest BCUT2D eigenvalue weighted by Gasteiger charge is -2.35. The van der Waals surface area contributed by atoms with Crippen LogP contribution in [0.3, 0.4) is 0 Å². The van der Waals surface area contributed by atoms with Gasteiger partial charge in [-0.3, -0.25) is 9.69 Å². The summed E-state index contributed by atoms with van der Waals surface area (Å²) in [4.78, 5) is 27.8. The number of para-hydroxylation sites is 1. The molecule has 8 nitrogen and oxygen atoms in total. The number of H-pyrrole nitrogens is 1. The van der Waals surface area contributed by atoms with E-state index in [-0.39, 0.29) is 17.4 Å². The van der Waals surface area contributed by atoms with Crippen LogP contribution in [0.15, 0.2) is 60.9 Å². The van der Waals surface area contributed by atoms with Crippen LogP contribution in [0.1, 0.15) is 24.2 Å². The minimum absolute atomic E-state index is 0.0201. The van der Waals surface area contributed by atoms with Crippen LogP contribution >= 0.6 is 0 Å². The van der Waals surface area contributed by atoms with Crippen LogP contribution in [0.25, 0.3) is 33.3 Å². The van der Waals surface area contributed by atoms with E-state index in [0.29, 0.717) is 24.3 Å². The van der Waals surface area contributed by atoms with Gasteiger partial charge in [0.05, 0.1) is 5.56 Å². The van der Waals surface area contributed by atoms with Crippen molar-refractivity contribution in [3.8, 4) is 33.8 Å². The van der Waals surface area contributed by atoms with Crippen molar-refractivity contribution in [2.45, 2.75) is 13.8 Å². The van der Waals surface area contributed by atoms with Crippen molar-refractivity contribution in [2.75, 3.05) is 52.4 Å². The first-order valence-corrected chi connectivity index (χ1v) is 13.3. The molecule has 4 aromatic rings. The quantitative estimate of drug-likeness (QED) is 0.323. The molecule has 0 radical (unpaired) electrons. The summed E-state index contributed by atoms with van der Waals surface area (Å²) in [5, 5.41) is 21.8. The summed E-state index contributed by atoms with van der Waals surface area (Å²) in [6.45, 7) is 11.4. The van der Waals surface area contributed by atoms with Gasteiger partial charge in [-0.15, -0.1) is 0 Å². The molecule has 1 aliphatic heterocycles. The zero-order chi connectivity index (χ0) is 26.6. The average molecular weight is 514 g/mol. The molecule has 1 fully saturated rings. The van der Waals surface area contributed by atoms with E-state index in [1.165, 1.54) is 0 Å². The first-order valence-electron chi connectivity index (χ1n) is 13.3. The monoisotopic (exact) mass is 513 g/mol. The number of carbonyl (C=O) groups excluding carboxylic acids is 1. The summed E-state index contributed by atoms with van der Waals surface area (Å²) < 4.78 is 0. The molecule has 5 rings (SSSR count). The molecule has 2 aromatic carbocycles. The lowest BCUT2D eigenvalue weighted by molar-refractivity contribution is 0.0622. The van der Waals surface area contributed by atoms with E-state index in [4.69, 9.17) is 0 Å². The number of likely N-dealkylation sites (N-methyl/N-ethyl adjacent to an activating group) is 1. The number of hydrogen-bond donors (Lipinski definition) is 3. The van der Waals surface area contributed by atoms with Crippen LogP contribution < -0.4 is 0 Å². The SMILES string of the molecule is CCN(CC)CCN1CCN(C(=O)c2cc(-c3cnc4[nH]cc(-c5ccccc5O)c4c3)ccc2O)CC1. The molecular formula is C30H35N5O3. The maximum absolute atomic E-state index is 13.4. The second-order valence-electron chi connectivity index (χ2n) is 9.73. The van der Waals surface area contributed by atoms with Gasteiger partial charge in [0.1, 0.15) is 17.1 Å². The van der Waals surface area contributed by atoms with E-state index >= 15 is 0 Å². The van der Waals surface area contributed by atoms with Gasteiger partial charge in [-0.1, -0.05) is 38.1 Å². The van der Waals surface area contributed by atoms with Crippen molar-refractivity contribution in [2.24, 2.45) is 0 Å². The van der Waals surface area contributed by atoms with Gasteiger partial charge < -0.3 is 25.0 Å². The molecule has 0 bridgehead atoms. The van der Waals surface area contributed by atoms with E-state index in [1.807, 2.05) is 29.3 Å². The van der Waals surface area contributed by atoms with Crippen LogP contribution in [0.5, 0.6) is 11.5 Å². The number of nitrogens with zero attached hydrogens (tertiary/aromatic N) is 4. The van der Waals surface area contributed by atoms with Crippen molar-refractivity contribution < 1.29 is 15.0 Å². The number of carbonyl (C=O) groups is 1. The molecule has 0 unspecified atom stereocenters. The van der Waals surface area contributed by atoms with Crippen LogP contribution in [-0.4, -0.2) is 93.1 Å². The third kappa shape index (κ3) is 5.23. The second-order valence-corrected chi connectivity index (χ2v) is 9.73. The topological polar surface area (TPSA) is 95.9 Å². The highest BCUT2D eigenvalue weighted by atomic mass is 16.3. The summed E-state index contributed by atoms with van der Waals surface area (Å²) in [5.74, 6) is 0.0242. The van der Waals surface area contributed by atoms with Gasteiger partial charge in [-0.05, 0) is 42.9 Å². The number of rotatable bonds is 8. The van der Waals surface area contributed by atoms with E-state index in [9.17, 15) is 15.0 Å². The number of piperazine rings is 1. The van der Waals surface area contributed by atoms with Crippen molar-refractivity contribution in [3.05, 3.63) is 66.5 Å². The fraction of sp³-hybridized carbons (Fsp3) is 0.333. The molecule has 3 heterocycles. The Labute approximate surface area is 223 Å². The summed E-state index contributed by atoms with van der Waals surface area (Å²) >= 11 is 0. The zero-order valence-corrected chi connectivity index (χ0v) is 22.0. The van der Waals surface area contributed by atoms with E-state index in [2.05, 4.69) is 33.6 Å². The Balaban J connectivity index is 1.34. The normalized spacial score (nSPS) is 14.4. The number of benzene rings is 2. The molecule has 2 aromatic heterocycles. The molecule has 0 aliphatic carbocycles. The zero-order valence-electron chi connectivity index (χ0n) is 22.0. The van der Waals surface area contributed by atoms with Gasteiger partial charge >= 0.3 is 0 Å². The third-order valence-electron chi connectivity index (χ3n) is 7.57. The van der Waals surface area contributed by atoms with Crippen molar-refractivity contribution in [1.82, 2.24) is 24.7 Å². The number of aromatic amines is 1. The van der Waals surface area contributed by atoms with E-state index in [1.54, 1.807) is 36.5 Å². The Morgan fingerprint density at radius 3 is 2.45 bits per heavy atom. The number of phenolic OH excluding ortho intramolecular Hbond substituents is 2. The minimum atomic E-state index is -0.154. The van der Waals surface area contributed by atoms with Crippen molar-refractivity contribution >= 4 is 16.9 Å². The van der Waals surface area contributed by atoms with Crippen molar-refractivity contribution in [1.29, 1.82) is 0 Å². The Kier molecular flexibility index (Phi) is 7.62. The lowest BCUT2D eigenvalue weighted by Crippen LogP contribution is -2.50. The maximum Gasteiger partial charge on any atom is 0.257 e. The van der Waals surface area contributed by atoms with Crippen LogP contribution in [0.4, 0.5) is 0 Å². The molecule has 0 atom stereocenters. The first kappa shape index (κ1) is 25.8. The molecule has 8 heteroatoms. The standard InChI is InChI=1S/C30H35N5O3/c1-3-33(4-2)11-12-34-13-15-35(16-14-34)30(38)25-17-21(9-10-28(25)37)22-18-24-26(20-32-29(24)31-19-22)23-7-5-6-8-27(23)36/h5-10,17-20,36-37H,3-4,11-16H2,1-2H3,(H,31,32). The summed E-state index contributed by atoms with van der Waals surface area (Å²) in [6.07, 6.45) is 3.59. The summed E-state index contributed by atoms with van der Waals surface area (Å²) in [6, 6.07) is 14.3. The fourth-order valence-corrected chi connectivity index (χ4v) is 5.14. The molecule has 1 aliphatic rings. The van der Waals surface area contributed by atoms with Gasteiger partial charge in [-0.25, -0.2) is 4.98 Å². The predicted molar refractivity (Wildman–Crippen MR) is 150 cm³/mol. The largest absolute Gasteiger partial charge is 0.507 e. The number of aromatic nitrogens is 2. The van der Waals surface area contributed by atoms with Gasteiger partial charge in [0.15, 0.2) is 0 Å². The summed E-state index contributed by atoms with van der Waals surface area (Å²) in [5.41, 5.74) is 4.19. The molecule has 198 valence electrons. The molecule has 3 N–H and O–H groups in total. The van der Waals surface area contributed by atoms with E-state index in [0.717, 1.165) is 66.9 Å². The summed E-state index contributed by atoms with van der Waals surface area (Å²) in [7, 11) is 0. The highest BCUT2D eigenvalue weighted by Crippen LogP contribution is 2.36. The number of phenols is 2. The predicted octanol–water partition coefficient (Wildman–Crippen LogP) is 4.41. The van der Waals surface area contributed by atoms with Crippen molar-refractivity contribution in [3.63, 3.8) is 0 Å².